The molecule has 0 aliphatic carbocycles. The average molecular weight is 277 g/mol. The van der Waals surface area contributed by atoms with E-state index < -0.39 is 0 Å². The third-order valence-corrected chi connectivity index (χ3v) is 2.58. The highest BCUT2D eigenvalue weighted by atomic mass is 127. The first kappa shape index (κ1) is 9.80. The lowest BCUT2D eigenvalue weighted by molar-refractivity contribution is 0.474. The Bertz CT molecular complexity index is 273. The molecule has 0 radical (unpaired) electrons. The fourth-order valence-corrected chi connectivity index (χ4v) is 1.77. The number of aromatic hydroxyl groups is 1. The Labute approximate surface area is 85.9 Å². The van der Waals surface area contributed by atoms with Gasteiger partial charge in [-0.25, -0.2) is 0 Å². The summed E-state index contributed by atoms with van der Waals surface area (Å²) in [7, 11) is 0. The lowest BCUT2D eigenvalue weighted by Crippen LogP contribution is -2.18. The van der Waals surface area contributed by atoms with E-state index in [4.69, 9.17) is 10.8 Å². The molecule has 0 aromatic heterocycles. The van der Waals surface area contributed by atoms with E-state index in [0.29, 0.717) is 5.75 Å². The number of halogens is 1. The van der Waals surface area contributed by atoms with Crippen LogP contribution in [0.1, 0.15) is 12.5 Å². The van der Waals surface area contributed by atoms with Crippen LogP contribution in [0.3, 0.4) is 0 Å². The molecule has 0 spiro atoms. The Morgan fingerprint density at radius 3 is 2.75 bits per heavy atom. The van der Waals surface area contributed by atoms with Gasteiger partial charge < -0.3 is 10.8 Å². The van der Waals surface area contributed by atoms with Gasteiger partial charge in [-0.05, 0) is 53.6 Å². The van der Waals surface area contributed by atoms with Crippen molar-refractivity contribution in [2.75, 3.05) is 0 Å². The molecule has 1 aromatic rings. The van der Waals surface area contributed by atoms with E-state index in [0.717, 1.165) is 9.99 Å². The first-order valence-corrected chi connectivity index (χ1v) is 4.90. The van der Waals surface area contributed by atoms with Gasteiger partial charge in [0, 0.05) is 9.61 Å². The Morgan fingerprint density at radius 1 is 1.58 bits per heavy atom. The van der Waals surface area contributed by atoms with Crippen molar-refractivity contribution in [3.63, 3.8) is 0 Å². The summed E-state index contributed by atoms with van der Waals surface area (Å²) in [5, 5.41) is 9.14. The molecule has 1 aromatic carbocycles. The lowest BCUT2D eigenvalue weighted by Gasteiger charge is -2.07. The minimum absolute atomic E-state index is 0.169. The van der Waals surface area contributed by atoms with Crippen LogP contribution in [-0.2, 0) is 6.42 Å². The van der Waals surface area contributed by atoms with Crippen LogP contribution in [0.5, 0.6) is 5.75 Å². The maximum absolute atomic E-state index is 9.14. The fraction of sp³-hybridized carbons (Fsp3) is 0.333. The number of benzene rings is 1. The molecule has 12 heavy (non-hydrogen) atoms. The minimum Gasteiger partial charge on any atom is -0.508 e. The van der Waals surface area contributed by atoms with E-state index in [1.165, 1.54) is 5.56 Å². The quantitative estimate of drug-likeness (QED) is 0.811. The van der Waals surface area contributed by atoms with Crippen molar-refractivity contribution in [3.8, 4) is 5.75 Å². The number of nitrogens with two attached hydrogens (primary N) is 1. The zero-order chi connectivity index (χ0) is 9.14. The van der Waals surface area contributed by atoms with Gasteiger partial charge in [0.1, 0.15) is 5.75 Å². The van der Waals surface area contributed by atoms with E-state index in [1.54, 1.807) is 12.1 Å². The molecule has 1 atom stereocenters. The van der Waals surface area contributed by atoms with Crippen LogP contribution < -0.4 is 5.73 Å². The Hall–Kier alpha value is -0.290. The number of hydrogen-bond donors (Lipinski definition) is 2. The second kappa shape index (κ2) is 4.09. The second-order valence-corrected chi connectivity index (χ2v) is 4.12. The van der Waals surface area contributed by atoms with Crippen LogP contribution in [-0.4, -0.2) is 11.1 Å². The van der Waals surface area contributed by atoms with Gasteiger partial charge in [0.15, 0.2) is 0 Å². The zero-order valence-corrected chi connectivity index (χ0v) is 9.08. The van der Waals surface area contributed by atoms with E-state index >= 15 is 0 Å². The summed E-state index contributed by atoms with van der Waals surface area (Å²) in [6.45, 7) is 1.98. The summed E-state index contributed by atoms with van der Waals surface area (Å²) in [4.78, 5) is 0. The summed E-state index contributed by atoms with van der Waals surface area (Å²) in [6.07, 6.45) is 0.860. The number of hydrogen-bond acceptors (Lipinski definition) is 2. The Balaban J connectivity index is 2.86. The van der Waals surface area contributed by atoms with E-state index in [9.17, 15) is 0 Å². The molecule has 3 heteroatoms. The van der Waals surface area contributed by atoms with Crippen LogP contribution in [0.2, 0.25) is 0 Å². The molecule has 2 nitrogen and oxygen atoms in total. The highest BCUT2D eigenvalue weighted by Crippen LogP contribution is 2.19. The van der Waals surface area contributed by atoms with Crippen LogP contribution in [0.25, 0.3) is 0 Å². The standard InChI is InChI=1S/C9H12INO/c1-6(11)4-7-2-3-8(12)5-9(7)10/h2-3,5-6,12H,4,11H2,1H3/t6-/m1/s1. The van der Waals surface area contributed by atoms with Crippen LogP contribution in [0, 0.1) is 3.57 Å². The van der Waals surface area contributed by atoms with Crippen LogP contribution in [0.4, 0.5) is 0 Å². The maximum atomic E-state index is 9.14. The lowest BCUT2D eigenvalue weighted by atomic mass is 10.1. The summed E-state index contributed by atoms with van der Waals surface area (Å²) in [6, 6.07) is 5.53. The molecular formula is C9H12INO. The highest BCUT2D eigenvalue weighted by molar-refractivity contribution is 14.1. The Morgan fingerprint density at radius 2 is 2.25 bits per heavy atom. The van der Waals surface area contributed by atoms with Gasteiger partial charge in [-0.2, -0.15) is 0 Å². The molecule has 0 saturated carbocycles. The smallest absolute Gasteiger partial charge is 0.116 e. The van der Waals surface area contributed by atoms with Gasteiger partial charge in [0.25, 0.3) is 0 Å². The van der Waals surface area contributed by atoms with Gasteiger partial charge in [-0.3, -0.25) is 0 Å². The van der Waals surface area contributed by atoms with E-state index in [2.05, 4.69) is 22.6 Å². The molecular weight excluding hydrogens is 265 g/mol. The van der Waals surface area contributed by atoms with Crippen molar-refractivity contribution in [2.24, 2.45) is 5.73 Å². The Kier molecular flexibility index (Phi) is 3.34. The summed E-state index contributed by atoms with van der Waals surface area (Å²) >= 11 is 2.20. The third kappa shape index (κ3) is 2.64. The molecule has 0 aliphatic heterocycles. The summed E-state index contributed by atoms with van der Waals surface area (Å²) in [5.74, 6) is 0.313. The van der Waals surface area contributed by atoms with Crippen molar-refractivity contribution < 1.29 is 5.11 Å². The molecule has 0 aliphatic rings. The molecule has 0 heterocycles. The molecule has 0 unspecified atom stereocenters. The number of phenols is 1. The molecule has 0 amide bonds. The largest absolute Gasteiger partial charge is 0.508 e. The van der Waals surface area contributed by atoms with Gasteiger partial charge >= 0.3 is 0 Å². The normalized spacial score (nSPS) is 12.9. The van der Waals surface area contributed by atoms with Crippen molar-refractivity contribution in [3.05, 3.63) is 27.3 Å². The number of phenolic OH excluding ortho intramolecular Hbond substituents is 1. The van der Waals surface area contributed by atoms with E-state index in [-0.39, 0.29) is 6.04 Å². The third-order valence-electron chi connectivity index (χ3n) is 1.58. The maximum Gasteiger partial charge on any atom is 0.116 e. The minimum atomic E-state index is 0.169. The number of rotatable bonds is 2. The molecule has 1 rings (SSSR count). The van der Waals surface area contributed by atoms with Gasteiger partial charge in [0.2, 0.25) is 0 Å². The first-order valence-electron chi connectivity index (χ1n) is 3.82. The predicted molar refractivity (Wildman–Crippen MR) is 58.2 cm³/mol. The van der Waals surface area contributed by atoms with E-state index in [1.807, 2.05) is 13.0 Å². The molecule has 0 fully saturated rings. The van der Waals surface area contributed by atoms with Crippen molar-refractivity contribution in [2.45, 2.75) is 19.4 Å². The van der Waals surface area contributed by atoms with Gasteiger partial charge in [-0.1, -0.05) is 6.07 Å². The van der Waals surface area contributed by atoms with Crippen LogP contribution >= 0.6 is 22.6 Å². The summed E-state index contributed by atoms with van der Waals surface area (Å²) < 4.78 is 1.07. The molecule has 0 saturated heterocycles. The zero-order valence-electron chi connectivity index (χ0n) is 6.92. The van der Waals surface area contributed by atoms with Crippen molar-refractivity contribution >= 4 is 22.6 Å². The van der Waals surface area contributed by atoms with Gasteiger partial charge in [0.05, 0.1) is 0 Å². The monoisotopic (exact) mass is 277 g/mol. The molecule has 3 N–H and O–H groups in total. The van der Waals surface area contributed by atoms with Crippen molar-refractivity contribution in [1.82, 2.24) is 0 Å². The highest BCUT2D eigenvalue weighted by Gasteiger charge is 2.02. The average Bonchev–Trinajstić information content (AvgIpc) is 1.94. The second-order valence-electron chi connectivity index (χ2n) is 2.96. The summed E-state index contributed by atoms with van der Waals surface area (Å²) in [5.41, 5.74) is 6.86. The van der Waals surface area contributed by atoms with Crippen molar-refractivity contribution in [1.29, 1.82) is 0 Å². The molecule has 66 valence electrons. The van der Waals surface area contributed by atoms with Gasteiger partial charge in [-0.15, -0.1) is 0 Å². The topological polar surface area (TPSA) is 46.2 Å². The van der Waals surface area contributed by atoms with Crippen LogP contribution in [0.15, 0.2) is 18.2 Å². The fourth-order valence-electron chi connectivity index (χ4n) is 1.05. The molecule has 0 bridgehead atoms. The first-order chi connectivity index (χ1) is 5.59. The SMILES string of the molecule is C[C@@H](N)Cc1ccc(O)cc1I. The predicted octanol–water partition coefficient (Wildman–Crippen LogP) is 1.89.